The summed E-state index contributed by atoms with van der Waals surface area (Å²) < 4.78 is 64.3. The molecule has 0 heterocycles. The number of benzene rings is 2. The van der Waals surface area contributed by atoms with Crippen LogP contribution in [0.25, 0.3) is 0 Å². The third-order valence-corrected chi connectivity index (χ3v) is 2.85. The van der Waals surface area contributed by atoms with Gasteiger partial charge in [-0.2, -0.15) is 13.2 Å². The first-order valence-electron chi connectivity index (χ1n) is 5.92. The Morgan fingerprint density at radius 3 is 2.43 bits per heavy atom. The Morgan fingerprint density at radius 1 is 1.05 bits per heavy atom. The molecular formula is C14H11F5N2. The summed E-state index contributed by atoms with van der Waals surface area (Å²) in [5.74, 6) is -2.25. The molecule has 0 bridgehead atoms. The van der Waals surface area contributed by atoms with Crippen LogP contribution in [0.1, 0.15) is 11.1 Å². The number of nitrogens with two attached hydrogens (primary N) is 1. The minimum Gasteiger partial charge on any atom is -0.397 e. The highest BCUT2D eigenvalue weighted by Crippen LogP contribution is 2.30. The third-order valence-electron chi connectivity index (χ3n) is 2.85. The van der Waals surface area contributed by atoms with E-state index in [0.29, 0.717) is 0 Å². The summed E-state index contributed by atoms with van der Waals surface area (Å²) >= 11 is 0. The molecule has 0 aliphatic carbocycles. The van der Waals surface area contributed by atoms with Crippen molar-refractivity contribution in [1.29, 1.82) is 0 Å². The highest BCUT2D eigenvalue weighted by atomic mass is 19.4. The highest BCUT2D eigenvalue weighted by molar-refractivity contribution is 5.66. The smallest absolute Gasteiger partial charge is 0.397 e. The minimum atomic E-state index is -4.46. The van der Waals surface area contributed by atoms with E-state index in [1.165, 1.54) is 18.2 Å². The molecule has 7 heteroatoms. The average molecular weight is 302 g/mol. The van der Waals surface area contributed by atoms with Crippen molar-refractivity contribution in [2.75, 3.05) is 11.1 Å². The molecule has 3 N–H and O–H groups in total. The predicted molar refractivity (Wildman–Crippen MR) is 69.5 cm³/mol. The fourth-order valence-corrected chi connectivity index (χ4v) is 1.79. The zero-order valence-corrected chi connectivity index (χ0v) is 10.6. The molecule has 0 aromatic heterocycles. The fourth-order valence-electron chi connectivity index (χ4n) is 1.79. The van der Waals surface area contributed by atoms with Gasteiger partial charge in [-0.15, -0.1) is 0 Å². The maximum absolute atomic E-state index is 13.5. The Bertz CT molecular complexity index is 652. The lowest BCUT2D eigenvalue weighted by Gasteiger charge is -2.12. The summed E-state index contributed by atoms with van der Waals surface area (Å²) in [7, 11) is 0. The molecule has 0 spiro atoms. The molecule has 21 heavy (non-hydrogen) atoms. The molecule has 0 saturated carbocycles. The van der Waals surface area contributed by atoms with Crippen molar-refractivity contribution in [2.24, 2.45) is 0 Å². The van der Waals surface area contributed by atoms with Crippen LogP contribution in [0.15, 0.2) is 36.4 Å². The van der Waals surface area contributed by atoms with Crippen LogP contribution >= 0.6 is 0 Å². The van der Waals surface area contributed by atoms with Crippen LogP contribution in [0.2, 0.25) is 0 Å². The average Bonchev–Trinajstić information content (AvgIpc) is 2.42. The van der Waals surface area contributed by atoms with Gasteiger partial charge < -0.3 is 11.1 Å². The molecule has 2 aromatic rings. The fraction of sp³-hybridized carbons (Fsp3) is 0.143. The van der Waals surface area contributed by atoms with Crippen molar-refractivity contribution in [3.8, 4) is 0 Å². The van der Waals surface area contributed by atoms with Gasteiger partial charge in [-0.05, 0) is 29.8 Å². The Labute approximate surface area is 117 Å². The van der Waals surface area contributed by atoms with E-state index in [2.05, 4.69) is 5.32 Å². The SMILES string of the molecule is Nc1ccc(F)c(F)c1NCc1cccc(C(F)(F)F)c1. The van der Waals surface area contributed by atoms with E-state index in [1.54, 1.807) is 0 Å². The first-order valence-corrected chi connectivity index (χ1v) is 5.92. The van der Waals surface area contributed by atoms with Gasteiger partial charge in [-0.3, -0.25) is 0 Å². The lowest BCUT2D eigenvalue weighted by atomic mass is 10.1. The molecule has 0 fully saturated rings. The molecule has 0 amide bonds. The van der Waals surface area contributed by atoms with Crippen molar-refractivity contribution in [2.45, 2.75) is 12.7 Å². The molecule has 2 rings (SSSR count). The molecule has 0 saturated heterocycles. The third kappa shape index (κ3) is 3.42. The van der Waals surface area contributed by atoms with Gasteiger partial charge in [-0.1, -0.05) is 12.1 Å². The van der Waals surface area contributed by atoms with E-state index in [1.807, 2.05) is 0 Å². The maximum Gasteiger partial charge on any atom is 0.416 e. The van der Waals surface area contributed by atoms with E-state index in [-0.39, 0.29) is 23.5 Å². The second kappa shape index (κ2) is 5.59. The lowest BCUT2D eigenvalue weighted by Crippen LogP contribution is -2.08. The molecule has 0 aliphatic heterocycles. The molecule has 0 aliphatic rings. The number of hydrogen-bond acceptors (Lipinski definition) is 2. The first kappa shape index (κ1) is 15.1. The lowest BCUT2D eigenvalue weighted by molar-refractivity contribution is -0.137. The van der Waals surface area contributed by atoms with Gasteiger partial charge in [0.15, 0.2) is 11.6 Å². The number of nitrogens with one attached hydrogen (secondary N) is 1. The molecule has 2 nitrogen and oxygen atoms in total. The Kier molecular flexibility index (Phi) is 4.02. The summed E-state index contributed by atoms with van der Waals surface area (Å²) in [5.41, 5.74) is 4.67. The van der Waals surface area contributed by atoms with Crippen LogP contribution in [0.4, 0.5) is 33.3 Å². The number of halogens is 5. The number of hydrogen-bond donors (Lipinski definition) is 2. The standard InChI is InChI=1S/C14H11F5N2/c15-10-4-5-11(20)13(12(10)16)21-7-8-2-1-3-9(6-8)14(17,18)19/h1-6,21H,7,20H2. The summed E-state index contributed by atoms with van der Waals surface area (Å²) in [5, 5.41) is 2.51. The maximum atomic E-state index is 13.5. The molecular weight excluding hydrogens is 291 g/mol. The van der Waals surface area contributed by atoms with Crippen molar-refractivity contribution in [3.63, 3.8) is 0 Å². The van der Waals surface area contributed by atoms with Crippen LogP contribution in [0.3, 0.4) is 0 Å². The van der Waals surface area contributed by atoms with E-state index >= 15 is 0 Å². The van der Waals surface area contributed by atoms with Crippen LogP contribution in [0.5, 0.6) is 0 Å². The van der Waals surface area contributed by atoms with Crippen LogP contribution in [-0.4, -0.2) is 0 Å². The number of anilines is 2. The Morgan fingerprint density at radius 2 is 1.76 bits per heavy atom. The normalized spacial score (nSPS) is 11.5. The van der Waals surface area contributed by atoms with Gasteiger partial charge in [0, 0.05) is 6.54 Å². The number of alkyl halides is 3. The Balaban J connectivity index is 2.20. The number of rotatable bonds is 3. The van der Waals surface area contributed by atoms with Gasteiger partial charge in [0.05, 0.1) is 16.9 Å². The molecule has 0 unspecified atom stereocenters. The monoisotopic (exact) mass is 302 g/mol. The van der Waals surface area contributed by atoms with Crippen molar-refractivity contribution in [1.82, 2.24) is 0 Å². The summed E-state index contributed by atoms with van der Waals surface area (Å²) in [6.45, 7) is -0.117. The topological polar surface area (TPSA) is 38.0 Å². The minimum absolute atomic E-state index is 0.0270. The van der Waals surface area contributed by atoms with Gasteiger partial charge in [0.25, 0.3) is 0 Å². The summed E-state index contributed by atoms with van der Waals surface area (Å²) in [6.07, 6.45) is -4.46. The zero-order chi connectivity index (χ0) is 15.6. The van der Waals surface area contributed by atoms with Crippen LogP contribution in [-0.2, 0) is 12.7 Å². The Hall–Kier alpha value is -2.31. The van der Waals surface area contributed by atoms with E-state index in [9.17, 15) is 22.0 Å². The van der Waals surface area contributed by atoms with E-state index in [0.717, 1.165) is 18.2 Å². The molecule has 2 aromatic carbocycles. The van der Waals surface area contributed by atoms with Gasteiger partial charge in [0.2, 0.25) is 0 Å². The largest absolute Gasteiger partial charge is 0.416 e. The number of nitrogen functional groups attached to an aromatic ring is 1. The van der Waals surface area contributed by atoms with Crippen molar-refractivity contribution < 1.29 is 22.0 Å². The van der Waals surface area contributed by atoms with Crippen molar-refractivity contribution >= 4 is 11.4 Å². The summed E-state index contributed by atoms with van der Waals surface area (Å²) in [4.78, 5) is 0. The molecule has 0 atom stereocenters. The molecule has 112 valence electrons. The van der Waals surface area contributed by atoms with Gasteiger partial charge in [-0.25, -0.2) is 8.78 Å². The van der Waals surface area contributed by atoms with Gasteiger partial charge in [0.1, 0.15) is 0 Å². The predicted octanol–water partition coefficient (Wildman–Crippen LogP) is 4.18. The first-order chi connectivity index (χ1) is 9.79. The van der Waals surface area contributed by atoms with Crippen LogP contribution < -0.4 is 11.1 Å². The summed E-state index contributed by atoms with van der Waals surface area (Å²) in [6, 6.07) is 6.59. The van der Waals surface area contributed by atoms with E-state index in [4.69, 9.17) is 5.73 Å². The van der Waals surface area contributed by atoms with Crippen molar-refractivity contribution in [3.05, 3.63) is 59.2 Å². The zero-order valence-electron chi connectivity index (χ0n) is 10.6. The van der Waals surface area contributed by atoms with E-state index < -0.39 is 23.4 Å². The van der Waals surface area contributed by atoms with Gasteiger partial charge >= 0.3 is 6.18 Å². The second-order valence-electron chi connectivity index (χ2n) is 4.38. The quantitative estimate of drug-likeness (QED) is 0.659. The molecule has 0 radical (unpaired) electrons. The van der Waals surface area contributed by atoms with Crippen LogP contribution in [0, 0.1) is 11.6 Å². The second-order valence-corrected chi connectivity index (χ2v) is 4.38. The highest BCUT2D eigenvalue weighted by Gasteiger charge is 2.30.